The third kappa shape index (κ3) is 3.95. The quantitative estimate of drug-likeness (QED) is 0.368. The molecule has 0 heterocycles. The molecular weight excluding hydrogens is 278 g/mol. The van der Waals surface area contributed by atoms with Crippen molar-refractivity contribution in [2.45, 2.75) is 57.3 Å². The van der Waals surface area contributed by atoms with Gasteiger partial charge in [0.2, 0.25) is 0 Å². The maximum absolute atomic E-state index is 9.30. The minimum atomic E-state index is -1.80. The van der Waals surface area contributed by atoms with E-state index in [4.69, 9.17) is 4.43 Å². The maximum atomic E-state index is 9.30. The maximum Gasteiger partial charge on any atom is 0.185 e. The molecular formula is C17H27NO2Si. The van der Waals surface area contributed by atoms with Gasteiger partial charge in [0.25, 0.3) is 0 Å². The summed E-state index contributed by atoms with van der Waals surface area (Å²) < 4.78 is 6.62. The van der Waals surface area contributed by atoms with Gasteiger partial charge >= 0.3 is 0 Å². The van der Waals surface area contributed by atoms with Crippen molar-refractivity contribution in [3.8, 4) is 0 Å². The molecule has 0 bridgehead atoms. The Labute approximate surface area is 129 Å². The topological polar surface area (TPSA) is 41.8 Å². The second-order valence-electron chi connectivity index (χ2n) is 6.95. The standard InChI is InChI=1S/C17H27NO2Si/c1-21(2,3)20-17(14-18-19,15-10-6-4-7-11-15)16-12-8-5-9-13-16/h4,6-7,10-11,14,16,19H,5,8-9,12-13H2,1-3H3. The normalized spacial score (nSPS) is 20.5. The van der Waals surface area contributed by atoms with Crippen LogP contribution in [0, 0.1) is 5.92 Å². The van der Waals surface area contributed by atoms with E-state index in [-0.39, 0.29) is 0 Å². The Bertz CT molecular complexity index is 463. The lowest BCUT2D eigenvalue weighted by molar-refractivity contribution is 0.0454. The minimum Gasteiger partial charge on any atom is -0.411 e. The molecule has 1 aliphatic rings. The van der Waals surface area contributed by atoms with E-state index in [2.05, 4.69) is 36.9 Å². The third-order valence-electron chi connectivity index (χ3n) is 4.16. The van der Waals surface area contributed by atoms with Crippen LogP contribution in [0.5, 0.6) is 0 Å². The van der Waals surface area contributed by atoms with Crippen LogP contribution in [0.25, 0.3) is 0 Å². The monoisotopic (exact) mass is 305 g/mol. The van der Waals surface area contributed by atoms with Crippen LogP contribution in [0.1, 0.15) is 37.7 Å². The van der Waals surface area contributed by atoms with Crippen LogP contribution in [0.3, 0.4) is 0 Å². The average Bonchev–Trinajstić information content (AvgIpc) is 2.47. The van der Waals surface area contributed by atoms with Crippen LogP contribution in [-0.2, 0) is 10.0 Å². The van der Waals surface area contributed by atoms with Gasteiger partial charge in [0.1, 0.15) is 5.60 Å². The molecule has 1 aliphatic carbocycles. The molecule has 1 aromatic rings. The summed E-state index contributed by atoms with van der Waals surface area (Å²) in [6.45, 7) is 6.58. The summed E-state index contributed by atoms with van der Waals surface area (Å²) >= 11 is 0. The van der Waals surface area contributed by atoms with Crippen LogP contribution < -0.4 is 0 Å². The number of oxime groups is 1. The smallest absolute Gasteiger partial charge is 0.185 e. The van der Waals surface area contributed by atoms with Gasteiger partial charge in [-0.3, -0.25) is 0 Å². The van der Waals surface area contributed by atoms with Gasteiger partial charge in [-0.25, -0.2) is 0 Å². The van der Waals surface area contributed by atoms with Crippen LogP contribution in [0.4, 0.5) is 0 Å². The highest BCUT2D eigenvalue weighted by Crippen LogP contribution is 2.42. The van der Waals surface area contributed by atoms with Crippen LogP contribution in [0.15, 0.2) is 35.5 Å². The van der Waals surface area contributed by atoms with E-state index in [1.165, 1.54) is 19.3 Å². The van der Waals surface area contributed by atoms with Crippen molar-refractivity contribution in [1.82, 2.24) is 0 Å². The minimum absolute atomic E-state index is 0.385. The summed E-state index contributed by atoms with van der Waals surface area (Å²) in [5.41, 5.74) is 0.526. The first-order chi connectivity index (χ1) is 9.98. The average molecular weight is 305 g/mol. The van der Waals surface area contributed by atoms with E-state index in [0.717, 1.165) is 18.4 Å². The zero-order valence-corrected chi connectivity index (χ0v) is 14.4. The van der Waals surface area contributed by atoms with Gasteiger partial charge < -0.3 is 9.63 Å². The summed E-state index contributed by atoms with van der Waals surface area (Å²) in [6, 6.07) is 10.3. The molecule has 1 fully saturated rings. The van der Waals surface area contributed by atoms with E-state index >= 15 is 0 Å². The first kappa shape index (κ1) is 16.2. The lowest BCUT2D eigenvalue weighted by Gasteiger charge is -2.43. The number of rotatable bonds is 5. The number of nitrogens with zero attached hydrogens (tertiary/aromatic N) is 1. The molecule has 1 aromatic carbocycles. The predicted molar refractivity (Wildman–Crippen MR) is 89.4 cm³/mol. The lowest BCUT2D eigenvalue weighted by atomic mass is 9.74. The summed E-state index contributed by atoms with van der Waals surface area (Å²) in [4.78, 5) is 0. The van der Waals surface area contributed by atoms with Crippen LogP contribution in [0.2, 0.25) is 19.6 Å². The third-order valence-corrected chi connectivity index (χ3v) is 5.11. The number of hydrogen-bond donors (Lipinski definition) is 1. The van der Waals surface area contributed by atoms with E-state index < -0.39 is 13.9 Å². The second-order valence-corrected chi connectivity index (χ2v) is 11.4. The SMILES string of the molecule is C[Si](C)(C)OC(C=NO)(c1ccccc1)C1CCCCC1. The van der Waals surface area contributed by atoms with Gasteiger partial charge in [0.05, 0.1) is 6.21 Å². The van der Waals surface area contributed by atoms with Crippen LogP contribution in [-0.4, -0.2) is 19.7 Å². The molecule has 1 atom stereocenters. The van der Waals surface area contributed by atoms with Crippen molar-refractivity contribution in [1.29, 1.82) is 0 Å². The Hall–Kier alpha value is -1.13. The zero-order chi connectivity index (χ0) is 15.3. The highest BCUT2D eigenvalue weighted by atomic mass is 28.4. The number of hydrogen-bond acceptors (Lipinski definition) is 3. The van der Waals surface area contributed by atoms with Gasteiger partial charge in [-0.15, -0.1) is 0 Å². The van der Waals surface area contributed by atoms with Gasteiger partial charge in [-0.05, 0) is 44.0 Å². The summed E-state index contributed by atoms with van der Waals surface area (Å²) in [5.74, 6) is 0.385. The summed E-state index contributed by atoms with van der Waals surface area (Å²) in [7, 11) is -1.80. The Morgan fingerprint density at radius 2 is 1.76 bits per heavy atom. The molecule has 0 aromatic heterocycles. The number of benzene rings is 1. The Morgan fingerprint density at radius 3 is 2.29 bits per heavy atom. The Morgan fingerprint density at radius 1 is 1.14 bits per heavy atom. The Kier molecular flexibility index (Phi) is 5.22. The molecule has 116 valence electrons. The molecule has 4 heteroatoms. The molecule has 2 rings (SSSR count). The van der Waals surface area contributed by atoms with Gasteiger partial charge in [0.15, 0.2) is 8.32 Å². The molecule has 0 radical (unpaired) electrons. The van der Waals surface area contributed by atoms with E-state index in [9.17, 15) is 5.21 Å². The van der Waals surface area contributed by atoms with E-state index in [1.54, 1.807) is 6.21 Å². The molecule has 3 nitrogen and oxygen atoms in total. The molecule has 0 aliphatic heterocycles. The molecule has 1 unspecified atom stereocenters. The van der Waals surface area contributed by atoms with E-state index in [1.807, 2.05) is 18.2 Å². The van der Waals surface area contributed by atoms with Crippen molar-refractivity contribution >= 4 is 14.5 Å². The molecule has 1 saturated carbocycles. The van der Waals surface area contributed by atoms with Crippen molar-refractivity contribution in [2.75, 3.05) is 0 Å². The molecule has 0 spiro atoms. The van der Waals surface area contributed by atoms with E-state index in [0.29, 0.717) is 5.92 Å². The lowest BCUT2D eigenvalue weighted by Crippen LogP contribution is -2.47. The van der Waals surface area contributed by atoms with Crippen molar-refractivity contribution in [3.63, 3.8) is 0 Å². The highest BCUT2D eigenvalue weighted by Gasteiger charge is 2.43. The zero-order valence-electron chi connectivity index (χ0n) is 13.4. The summed E-state index contributed by atoms with van der Waals surface area (Å²) in [5, 5.41) is 12.7. The van der Waals surface area contributed by atoms with Gasteiger partial charge in [-0.1, -0.05) is 54.8 Å². The fourth-order valence-electron chi connectivity index (χ4n) is 3.41. The fraction of sp³-hybridized carbons (Fsp3) is 0.588. The molecule has 1 N–H and O–H groups in total. The second kappa shape index (κ2) is 6.75. The van der Waals surface area contributed by atoms with Crippen molar-refractivity contribution in [3.05, 3.63) is 35.9 Å². The van der Waals surface area contributed by atoms with Crippen molar-refractivity contribution in [2.24, 2.45) is 11.1 Å². The van der Waals surface area contributed by atoms with Gasteiger partial charge in [0, 0.05) is 0 Å². The molecule has 21 heavy (non-hydrogen) atoms. The van der Waals surface area contributed by atoms with Gasteiger partial charge in [-0.2, -0.15) is 0 Å². The first-order valence-corrected chi connectivity index (χ1v) is 11.3. The molecule has 0 saturated heterocycles. The fourth-order valence-corrected chi connectivity index (χ4v) is 4.76. The van der Waals surface area contributed by atoms with Crippen LogP contribution >= 0.6 is 0 Å². The predicted octanol–water partition coefficient (Wildman–Crippen LogP) is 4.77. The Balaban J connectivity index is 2.48. The summed E-state index contributed by atoms with van der Waals surface area (Å²) in [6.07, 6.45) is 7.65. The van der Waals surface area contributed by atoms with Crippen molar-refractivity contribution < 1.29 is 9.63 Å². The largest absolute Gasteiger partial charge is 0.411 e. The highest BCUT2D eigenvalue weighted by molar-refractivity contribution is 6.70. The first-order valence-electron chi connectivity index (χ1n) is 7.92. The molecule has 0 amide bonds.